The molecule has 36 heavy (non-hydrogen) atoms. The molecule has 0 heterocycles. The highest BCUT2D eigenvalue weighted by Crippen LogP contribution is 2.23. The Hall–Kier alpha value is -2.78. The fourth-order valence-corrected chi connectivity index (χ4v) is 6.03. The zero-order valence-electron chi connectivity index (χ0n) is 20.9. The molecule has 0 aromatic heterocycles. The van der Waals surface area contributed by atoms with Gasteiger partial charge in [-0.05, 0) is 69.0 Å². The van der Waals surface area contributed by atoms with Crippen molar-refractivity contribution in [3.63, 3.8) is 0 Å². The van der Waals surface area contributed by atoms with Gasteiger partial charge >= 0.3 is 6.03 Å². The molecule has 2 N–H and O–H groups in total. The van der Waals surface area contributed by atoms with Gasteiger partial charge in [-0.3, -0.25) is 4.79 Å². The van der Waals surface area contributed by atoms with Gasteiger partial charge in [-0.2, -0.15) is 0 Å². The summed E-state index contributed by atoms with van der Waals surface area (Å²) in [5.41, 5.74) is 1.18. The van der Waals surface area contributed by atoms with E-state index < -0.39 is 22.1 Å². The highest BCUT2D eigenvalue weighted by molar-refractivity contribution is 7.89. The van der Waals surface area contributed by atoms with Crippen molar-refractivity contribution in [3.05, 3.63) is 58.6 Å². The highest BCUT2D eigenvalue weighted by atomic mass is 35.5. The van der Waals surface area contributed by atoms with Crippen LogP contribution in [-0.2, 0) is 16.4 Å². The molecule has 0 bridgehead atoms. The Bertz CT molecular complexity index is 1160. The SMILES string of the molecule is COc1ccc(Cl)cc1C(=O)NCCc1ccc(S(=O)(=O)N(C(=O)NC2CCCCC2)C(C)C)cc1. The summed E-state index contributed by atoms with van der Waals surface area (Å²) < 4.78 is 32.7. The number of benzene rings is 2. The van der Waals surface area contributed by atoms with E-state index in [1.165, 1.54) is 19.2 Å². The molecule has 196 valence electrons. The van der Waals surface area contributed by atoms with Crippen LogP contribution in [0.4, 0.5) is 4.79 Å². The summed E-state index contributed by atoms with van der Waals surface area (Å²) in [6.45, 7) is 3.70. The summed E-state index contributed by atoms with van der Waals surface area (Å²) in [5.74, 6) is 0.110. The molecule has 2 aromatic carbocycles. The van der Waals surface area contributed by atoms with Crippen molar-refractivity contribution in [3.8, 4) is 5.75 Å². The first-order chi connectivity index (χ1) is 17.1. The van der Waals surface area contributed by atoms with Crippen molar-refractivity contribution >= 4 is 33.6 Å². The monoisotopic (exact) mass is 535 g/mol. The Morgan fingerprint density at radius 1 is 1.08 bits per heavy atom. The maximum atomic E-state index is 13.3. The minimum absolute atomic E-state index is 0.00664. The van der Waals surface area contributed by atoms with Gasteiger partial charge in [0.2, 0.25) is 0 Å². The lowest BCUT2D eigenvalue weighted by Gasteiger charge is -2.30. The lowest BCUT2D eigenvalue weighted by atomic mass is 9.96. The van der Waals surface area contributed by atoms with Crippen LogP contribution in [0, 0.1) is 0 Å². The highest BCUT2D eigenvalue weighted by Gasteiger charge is 2.33. The second-order valence-corrected chi connectivity index (χ2v) is 11.4. The van der Waals surface area contributed by atoms with Crippen molar-refractivity contribution in [1.82, 2.24) is 14.9 Å². The minimum Gasteiger partial charge on any atom is -0.496 e. The molecular weight excluding hydrogens is 502 g/mol. The number of halogens is 1. The molecule has 1 aliphatic carbocycles. The average Bonchev–Trinajstić information content (AvgIpc) is 2.84. The van der Waals surface area contributed by atoms with E-state index in [0.717, 1.165) is 42.0 Å². The predicted octanol–water partition coefficient (Wildman–Crippen LogP) is 4.76. The third-order valence-corrected chi connectivity index (χ3v) is 8.40. The van der Waals surface area contributed by atoms with Crippen LogP contribution in [0.5, 0.6) is 5.75 Å². The second-order valence-electron chi connectivity index (χ2n) is 9.17. The number of carbonyl (C=O) groups excluding carboxylic acids is 2. The first-order valence-corrected chi connectivity index (χ1v) is 14.0. The number of nitrogens with one attached hydrogen (secondary N) is 2. The van der Waals surface area contributed by atoms with Crippen LogP contribution in [0.25, 0.3) is 0 Å². The molecule has 0 aliphatic heterocycles. The van der Waals surface area contributed by atoms with Crippen molar-refractivity contribution in [2.45, 2.75) is 69.4 Å². The molecule has 1 fully saturated rings. The molecule has 1 saturated carbocycles. The second kappa shape index (κ2) is 12.5. The van der Waals surface area contributed by atoms with E-state index in [2.05, 4.69) is 10.6 Å². The standard InChI is InChI=1S/C26H34ClN3O5S/c1-18(2)30(26(32)29-21-7-5-4-6-8-21)36(33,34)22-12-9-19(10-13-22)15-16-28-25(31)23-17-20(27)11-14-24(23)35-3/h9-14,17-18,21H,4-8,15-16H2,1-3H3,(H,28,31)(H,29,32). The maximum Gasteiger partial charge on any atom is 0.331 e. The Balaban J connectivity index is 1.63. The molecule has 0 unspecified atom stereocenters. The Kier molecular flexibility index (Phi) is 9.62. The molecule has 3 rings (SSSR count). The van der Waals surface area contributed by atoms with Gasteiger partial charge in [-0.1, -0.05) is 43.0 Å². The molecule has 0 atom stereocenters. The Morgan fingerprint density at radius 3 is 2.36 bits per heavy atom. The van der Waals surface area contributed by atoms with Crippen LogP contribution < -0.4 is 15.4 Å². The van der Waals surface area contributed by atoms with E-state index in [1.807, 2.05) is 0 Å². The molecule has 1 aliphatic rings. The third-order valence-electron chi connectivity index (χ3n) is 6.19. The summed E-state index contributed by atoms with van der Waals surface area (Å²) in [5, 5.41) is 6.16. The Morgan fingerprint density at radius 2 is 1.75 bits per heavy atom. The van der Waals surface area contributed by atoms with Crippen LogP contribution in [0.2, 0.25) is 5.02 Å². The fourth-order valence-electron chi connectivity index (χ4n) is 4.32. The first-order valence-electron chi connectivity index (χ1n) is 12.2. The minimum atomic E-state index is -4.02. The quantitative estimate of drug-likeness (QED) is 0.481. The number of ether oxygens (including phenoxy) is 1. The van der Waals surface area contributed by atoms with Gasteiger partial charge in [0, 0.05) is 23.7 Å². The number of nitrogens with zero attached hydrogens (tertiary/aromatic N) is 1. The van der Waals surface area contributed by atoms with E-state index in [1.54, 1.807) is 44.2 Å². The fraction of sp³-hybridized carbons (Fsp3) is 0.462. The summed E-state index contributed by atoms with van der Waals surface area (Å²) in [6, 6.07) is 10.1. The molecule has 3 amide bonds. The largest absolute Gasteiger partial charge is 0.496 e. The lowest BCUT2D eigenvalue weighted by Crippen LogP contribution is -2.50. The van der Waals surface area contributed by atoms with Crippen molar-refractivity contribution in [2.75, 3.05) is 13.7 Å². The topological polar surface area (TPSA) is 105 Å². The van der Waals surface area contributed by atoms with E-state index in [0.29, 0.717) is 29.3 Å². The van der Waals surface area contributed by atoms with Gasteiger partial charge in [-0.15, -0.1) is 0 Å². The first kappa shape index (κ1) is 27.8. The Labute approximate surface area is 218 Å². The molecule has 2 aromatic rings. The van der Waals surface area contributed by atoms with Crippen LogP contribution >= 0.6 is 11.6 Å². The van der Waals surface area contributed by atoms with Crippen LogP contribution in [-0.4, -0.2) is 50.4 Å². The number of amides is 3. The molecule has 0 radical (unpaired) electrons. The summed E-state index contributed by atoms with van der Waals surface area (Å²) in [6.07, 6.45) is 5.44. The predicted molar refractivity (Wildman–Crippen MR) is 140 cm³/mol. The number of hydrogen-bond acceptors (Lipinski definition) is 5. The number of sulfonamides is 1. The summed E-state index contributed by atoms with van der Waals surface area (Å²) in [4.78, 5) is 25.5. The van der Waals surface area contributed by atoms with Gasteiger partial charge < -0.3 is 15.4 Å². The number of carbonyl (C=O) groups is 2. The molecule has 8 nitrogen and oxygen atoms in total. The number of rotatable bonds is 9. The van der Waals surface area contributed by atoms with E-state index in [9.17, 15) is 18.0 Å². The normalized spacial score (nSPS) is 14.4. The van der Waals surface area contributed by atoms with E-state index in [-0.39, 0.29) is 16.8 Å². The van der Waals surface area contributed by atoms with Crippen molar-refractivity contribution < 1.29 is 22.7 Å². The number of methoxy groups -OCH3 is 1. The van der Waals surface area contributed by atoms with Gasteiger partial charge in [0.15, 0.2) is 0 Å². The van der Waals surface area contributed by atoms with E-state index in [4.69, 9.17) is 16.3 Å². The van der Waals surface area contributed by atoms with E-state index >= 15 is 0 Å². The van der Waals surface area contributed by atoms with Crippen LogP contribution in [0.3, 0.4) is 0 Å². The van der Waals surface area contributed by atoms with Gasteiger partial charge in [0.05, 0.1) is 17.6 Å². The molecule has 0 spiro atoms. The van der Waals surface area contributed by atoms with Gasteiger partial charge in [-0.25, -0.2) is 17.5 Å². The maximum absolute atomic E-state index is 13.3. The lowest BCUT2D eigenvalue weighted by molar-refractivity contribution is 0.0951. The van der Waals surface area contributed by atoms with Crippen LogP contribution in [0.15, 0.2) is 47.4 Å². The molecule has 0 saturated heterocycles. The number of urea groups is 1. The van der Waals surface area contributed by atoms with Gasteiger partial charge in [0.1, 0.15) is 5.75 Å². The van der Waals surface area contributed by atoms with Crippen molar-refractivity contribution in [2.24, 2.45) is 0 Å². The molecular formula is C26H34ClN3O5S. The zero-order valence-corrected chi connectivity index (χ0v) is 22.5. The summed E-state index contributed by atoms with van der Waals surface area (Å²) >= 11 is 6.00. The third kappa shape index (κ3) is 6.91. The average molecular weight is 536 g/mol. The zero-order chi connectivity index (χ0) is 26.3. The smallest absolute Gasteiger partial charge is 0.331 e. The number of hydrogen-bond donors (Lipinski definition) is 2. The molecule has 10 heteroatoms. The van der Waals surface area contributed by atoms with Gasteiger partial charge in [0.25, 0.3) is 15.9 Å². The van der Waals surface area contributed by atoms with Crippen molar-refractivity contribution in [1.29, 1.82) is 0 Å². The van der Waals surface area contributed by atoms with Crippen LogP contribution in [0.1, 0.15) is 61.9 Å². The summed E-state index contributed by atoms with van der Waals surface area (Å²) in [7, 11) is -2.54.